The summed E-state index contributed by atoms with van der Waals surface area (Å²) in [5.41, 5.74) is 4.10. The van der Waals surface area contributed by atoms with Crippen LogP contribution in [-0.2, 0) is 0 Å². The third-order valence-corrected chi connectivity index (χ3v) is 5.08. The Morgan fingerprint density at radius 1 is 1.27 bits per heavy atom. The van der Waals surface area contributed by atoms with Crippen LogP contribution in [0.15, 0.2) is 47.2 Å². The van der Waals surface area contributed by atoms with E-state index in [-0.39, 0.29) is 11.3 Å². The van der Waals surface area contributed by atoms with Crippen molar-refractivity contribution < 1.29 is 0 Å². The van der Waals surface area contributed by atoms with Gasteiger partial charge in [-0.15, -0.1) is 11.6 Å². The SMILES string of the molecule is N#CC1C=C(C2=CCC(NC3=CC=CCC3)CC2)CC(Cl)C1. The molecule has 0 saturated carbocycles. The van der Waals surface area contributed by atoms with Crippen LogP contribution in [0.1, 0.15) is 44.9 Å². The first-order chi connectivity index (χ1) is 10.7. The predicted molar refractivity (Wildman–Crippen MR) is 91.4 cm³/mol. The minimum atomic E-state index is -0.0119. The lowest BCUT2D eigenvalue weighted by atomic mass is 9.82. The van der Waals surface area contributed by atoms with Crippen LogP contribution in [0.25, 0.3) is 0 Å². The lowest BCUT2D eigenvalue weighted by Gasteiger charge is -2.29. The Morgan fingerprint density at radius 3 is 2.86 bits per heavy atom. The summed E-state index contributed by atoms with van der Waals surface area (Å²) in [6.45, 7) is 0. The molecule has 3 aliphatic rings. The first kappa shape index (κ1) is 15.4. The third kappa shape index (κ3) is 3.84. The molecule has 3 unspecified atom stereocenters. The average molecular weight is 315 g/mol. The molecule has 3 aliphatic carbocycles. The minimum Gasteiger partial charge on any atom is -0.385 e. The lowest BCUT2D eigenvalue weighted by molar-refractivity contribution is 0.498. The predicted octanol–water partition coefficient (Wildman–Crippen LogP) is 4.76. The number of nitrogens with zero attached hydrogens (tertiary/aromatic N) is 1. The van der Waals surface area contributed by atoms with Crippen LogP contribution >= 0.6 is 11.6 Å². The lowest BCUT2D eigenvalue weighted by Crippen LogP contribution is -2.30. The minimum absolute atomic E-state index is 0.0119. The Hall–Kier alpha value is -1.46. The molecule has 3 atom stereocenters. The molecule has 0 fully saturated rings. The van der Waals surface area contributed by atoms with Crippen LogP contribution in [-0.4, -0.2) is 11.4 Å². The van der Waals surface area contributed by atoms with Gasteiger partial charge in [-0.25, -0.2) is 0 Å². The first-order valence-corrected chi connectivity index (χ1v) is 8.74. The van der Waals surface area contributed by atoms with Gasteiger partial charge in [0.2, 0.25) is 0 Å². The van der Waals surface area contributed by atoms with E-state index in [1.165, 1.54) is 16.8 Å². The van der Waals surface area contributed by atoms with Crippen LogP contribution in [0.5, 0.6) is 0 Å². The van der Waals surface area contributed by atoms with E-state index in [1.807, 2.05) is 0 Å². The summed E-state index contributed by atoms with van der Waals surface area (Å²) in [5, 5.41) is 12.9. The highest BCUT2D eigenvalue weighted by Crippen LogP contribution is 2.35. The summed E-state index contributed by atoms with van der Waals surface area (Å²) in [6, 6.07) is 2.90. The summed E-state index contributed by atoms with van der Waals surface area (Å²) in [6.07, 6.45) is 18.4. The number of rotatable bonds is 3. The molecule has 3 heteroatoms. The zero-order valence-electron chi connectivity index (χ0n) is 12.9. The summed E-state index contributed by atoms with van der Waals surface area (Å²) >= 11 is 6.32. The van der Waals surface area contributed by atoms with Gasteiger partial charge in [0.05, 0.1) is 12.0 Å². The van der Waals surface area contributed by atoms with E-state index in [0.717, 1.165) is 44.9 Å². The smallest absolute Gasteiger partial charge is 0.0698 e. The van der Waals surface area contributed by atoms with Gasteiger partial charge in [0.25, 0.3) is 0 Å². The summed E-state index contributed by atoms with van der Waals surface area (Å²) in [5.74, 6) is -0.0119. The molecule has 116 valence electrons. The molecule has 3 rings (SSSR count). The number of allylic oxidation sites excluding steroid dienone is 7. The van der Waals surface area contributed by atoms with E-state index >= 15 is 0 Å². The van der Waals surface area contributed by atoms with Crippen molar-refractivity contribution in [2.24, 2.45) is 5.92 Å². The fourth-order valence-corrected chi connectivity index (χ4v) is 3.90. The zero-order chi connectivity index (χ0) is 15.4. The van der Waals surface area contributed by atoms with E-state index in [1.54, 1.807) is 0 Å². The number of hydrogen-bond donors (Lipinski definition) is 1. The van der Waals surface area contributed by atoms with Crippen molar-refractivity contribution in [2.45, 2.75) is 56.4 Å². The second kappa shape index (κ2) is 7.20. The van der Waals surface area contributed by atoms with Gasteiger partial charge in [0.15, 0.2) is 0 Å². The normalized spacial score (nSPS) is 31.6. The van der Waals surface area contributed by atoms with Gasteiger partial charge in [-0.3, -0.25) is 0 Å². The molecular weight excluding hydrogens is 292 g/mol. The molecule has 0 aromatic carbocycles. The topological polar surface area (TPSA) is 35.8 Å². The molecule has 0 aliphatic heterocycles. The number of halogens is 1. The molecule has 0 bridgehead atoms. The Kier molecular flexibility index (Phi) is 5.05. The van der Waals surface area contributed by atoms with Gasteiger partial charge in [0.1, 0.15) is 0 Å². The van der Waals surface area contributed by atoms with Gasteiger partial charge in [-0.1, -0.05) is 24.3 Å². The van der Waals surface area contributed by atoms with Crippen molar-refractivity contribution in [3.8, 4) is 6.07 Å². The van der Waals surface area contributed by atoms with Crippen molar-refractivity contribution in [2.75, 3.05) is 0 Å². The standard InChI is InChI=1S/C19H23ClN2/c20-17-11-14(13-21)10-16(12-17)15-6-8-19(9-7-15)22-18-4-2-1-3-5-18/h1-2,4,6,10,14,17,19,22H,3,5,7-9,11-12H2. The first-order valence-electron chi connectivity index (χ1n) is 8.30. The van der Waals surface area contributed by atoms with Gasteiger partial charge in [0, 0.05) is 17.1 Å². The Labute approximate surface area is 138 Å². The number of hydrogen-bond acceptors (Lipinski definition) is 2. The molecule has 0 heterocycles. The van der Waals surface area contributed by atoms with Gasteiger partial charge in [-0.2, -0.15) is 5.26 Å². The van der Waals surface area contributed by atoms with E-state index in [0.29, 0.717) is 6.04 Å². The van der Waals surface area contributed by atoms with Gasteiger partial charge >= 0.3 is 0 Å². The maximum atomic E-state index is 9.15. The zero-order valence-corrected chi connectivity index (χ0v) is 13.6. The van der Waals surface area contributed by atoms with Crippen LogP contribution < -0.4 is 5.32 Å². The van der Waals surface area contributed by atoms with Crippen LogP contribution in [0.3, 0.4) is 0 Å². The van der Waals surface area contributed by atoms with Gasteiger partial charge in [-0.05, 0) is 62.2 Å². The molecule has 1 N–H and O–H groups in total. The molecule has 2 nitrogen and oxygen atoms in total. The fourth-order valence-electron chi connectivity index (χ4n) is 3.55. The maximum Gasteiger partial charge on any atom is 0.0698 e. The van der Waals surface area contributed by atoms with E-state index < -0.39 is 0 Å². The maximum absolute atomic E-state index is 9.15. The van der Waals surface area contributed by atoms with E-state index in [9.17, 15) is 0 Å². The molecule has 0 spiro atoms. The molecule has 0 amide bonds. The fraction of sp³-hybridized carbons (Fsp3) is 0.526. The van der Waals surface area contributed by atoms with Gasteiger partial charge < -0.3 is 5.32 Å². The third-order valence-electron chi connectivity index (χ3n) is 4.75. The van der Waals surface area contributed by atoms with Crippen molar-refractivity contribution in [1.82, 2.24) is 5.32 Å². The number of alkyl halides is 1. The van der Waals surface area contributed by atoms with Crippen molar-refractivity contribution in [3.05, 3.63) is 47.2 Å². The Bertz CT molecular complexity index is 577. The quantitative estimate of drug-likeness (QED) is 0.763. The van der Waals surface area contributed by atoms with Crippen molar-refractivity contribution in [1.29, 1.82) is 5.26 Å². The highest BCUT2D eigenvalue weighted by molar-refractivity contribution is 6.20. The Morgan fingerprint density at radius 2 is 2.18 bits per heavy atom. The van der Waals surface area contributed by atoms with Crippen LogP contribution in [0.4, 0.5) is 0 Å². The molecule has 0 radical (unpaired) electrons. The molecule has 22 heavy (non-hydrogen) atoms. The highest BCUT2D eigenvalue weighted by atomic mass is 35.5. The second-order valence-electron chi connectivity index (χ2n) is 6.47. The molecular formula is C19H23ClN2. The molecule has 0 aromatic heterocycles. The molecule has 0 aromatic rings. The van der Waals surface area contributed by atoms with Crippen LogP contribution in [0.2, 0.25) is 0 Å². The Balaban J connectivity index is 1.61. The molecule has 0 saturated heterocycles. The number of nitriles is 1. The summed E-state index contributed by atoms with van der Waals surface area (Å²) in [4.78, 5) is 0. The van der Waals surface area contributed by atoms with Crippen molar-refractivity contribution >= 4 is 11.6 Å². The van der Waals surface area contributed by atoms with E-state index in [2.05, 4.69) is 41.8 Å². The number of nitrogens with one attached hydrogen (secondary N) is 1. The monoisotopic (exact) mass is 314 g/mol. The van der Waals surface area contributed by atoms with Crippen molar-refractivity contribution in [3.63, 3.8) is 0 Å². The second-order valence-corrected chi connectivity index (χ2v) is 7.09. The van der Waals surface area contributed by atoms with Crippen LogP contribution in [0, 0.1) is 17.2 Å². The van der Waals surface area contributed by atoms with E-state index in [4.69, 9.17) is 16.9 Å². The summed E-state index contributed by atoms with van der Waals surface area (Å²) < 4.78 is 0. The average Bonchev–Trinajstić information content (AvgIpc) is 2.56. The summed E-state index contributed by atoms with van der Waals surface area (Å²) in [7, 11) is 0. The highest BCUT2D eigenvalue weighted by Gasteiger charge is 2.24. The largest absolute Gasteiger partial charge is 0.385 e.